The third-order valence-electron chi connectivity index (χ3n) is 4.87. The summed E-state index contributed by atoms with van der Waals surface area (Å²) in [7, 11) is -1.77. The molecule has 0 saturated carbocycles. The Hall–Kier alpha value is -2.08. The summed E-state index contributed by atoms with van der Waals surface area (Å²) >= 11 is 0. The standard InChI is InChI=1S/C20H26N2O3S/c1-20(2,3)26(23,24)19-11-10-16(14-21-19)22-12-6-9-18(22)15-7-5-8-17(13-15)25-4/h5,7-8,10-11,13-14,18H,6,9,12H2,1-4H3. The Morgan fingerprint density at radius 1 is 1.19 bits per heavy atom. The van der Waals surface area contributed by atoms with Crippen molar-refractivity contribution in [2.24, 2.45) is 0 Å². The maximum atomic E-state index is 12.6. The van der Waals surface area contributed by atoms with Gasteiger partial charge in [-0.15, -0.1) is 0 Å². The van der Waals surface area contributed by atoms with Gasteiger partial charge in [-0.05, 0) is 63.4 Å². The topological polar surface area (TPSA) is 59.5 Å². The fourth-order valence-corrected chi connectivity index (χ4v) is 4.35. The van der Waals surface area contributed by atoms with Crippen LogP contribution in [0, 0.1) is 0 Å². The quantitative estimate of drug-likeness (QED) is 0.809. The van der Waals surface area contributed by atoms with Gasteiger partial charge in [0.15, 0.2) is 14.9 Å². The van der Waals surface area contributed by atoms with E-state index in [0.29, 0.717) is 0 Å². The monoisotopic (exact) mass is 374 g/mol. The van der Waals surface area contributed by atoms with E-state index in [4.69, 9.17) is 4.74 Å². The first-order valence-corrected chi connectivity index (χ1v) is 10.3. The second kappa shape index (κ2) is 6.91. The van der Waals surface area contributed by atoms with Crippen LogP contribution in [-0.4, -0.2) is 31.8 Å². The molecule has 26 heavy (non-hydrogen) atoms. The SMILES string of the molecule is COc1cccc(C2CCCN2c2ccc(S(=O)(=O)C(C)(C)C)nc2)c1. The fraction of sp³-hybridized carbons (Fsp3) is 0.450. The first-order chi connectivity index (χ1) is 12.2. The Labute approximate surface area is 155 Å². The van der Waals surface area contributed by atoms with Gasteiger partial charge in [0, 0.05) is 6.54 Å². The first kappa shape index (κ1) is 18.7. The molecule has 0 amide bonds. The van der Waals surface area contributed by atoms with Crippen LogP contribution < -0.4 is 9.64 Å². The maximum Gasteiger partial charge on any atom is 0.200 e. The summed E-state index contributed by atoms with van der Waals surface area (Å²) in [5.41, 5.74) is 2.15. The molecule has 140 valence electrons. The third kappa shape index (κ3) is 3.43. The maximum absolute atomic E-state index is 12.6. The number of methoxy groups -OCH3 is 1. The lowest BCUT2D eigenvalue weighted by Crippen LogP contribution is -2.29. The molecule has 2 aromatic rings. The van der Waals surface area contributed by atoms with E-state index in [0.717, 1.165) is 30.8 Å². The normalized spacial score (nSPS) is 18.2. The molecule has 0 N–H and O–H groups in total. The van der Waals surface area contributed by atoms with Crippen molar-refractivity contribution in [2.75, 3.05) is 18.6 Å². The number of nitrogens with zero attached hydrogens (tertiary/aromatic N) is 2. The summed E-state index contributed by atoms with van der Waals surface area (Å²) in [5, 5.41) is 0.130. The minimum absolute atomic E-state index is 0.130. The summed E-state index contributed by atoms with van der Waals surface area (Å²) in [6.07, 6.45) is 3.82. The van der Waals surface area contributed by atoms with Crippen LogP contribution in [0.5, 0.6) is 5.75 Å². The van der Waals surface area contributed by atoms with Gasteiger partial charge in [-0.2, -0.15) is 0 Å². The molecule has 1 aromatic carbocycles. The number of sulfone groups is 1. The highest BCUT2D eigenvalue weighted by Crippen LogP contribution is 2.37. The van der Waals surface area contributed by atoms with Crippen LogP contribution in [0.25, 0.3) is 0 Å². The van der Waals surface area contributed by atoms with Crippen molar-refractivity contribution >= 4 is 15.5 Å². The van der Waals surface area contributed by atoms with Gasteiger partial charge in [-0.3, -0.25) is 0 Å². The van der Waals surface area contributed by atoms with Crippen LogP contribution >= 0.6 is 0 Å². The lowest BCUT2D eigenvalue weighted by Gasteiger charge is -2.27. The van der Waals surface area contributed by atoms with Gasteiger partial charge < -0.3 is 9.64 Å². The number of pyridine rings is 1. The van der Waals surface area contributed by atoms with Crippen LogP contribution in [0.1, 0.15) is 45.2 Å². The average Bonchev–Trinajstić information content (AvgIpc) is 3.10. The van der Waals surface area contributed by atoms with E-state index < -0.39 is 14.6 Å². The van der Waals surface area contributed by atoms with E-state index >= 15 is 0 Å². The molecule has 2 heterocycles. The fourth-order valence-electron chi connectivity index (χ4n) is 3.29. The smallest absolute Gasteiger partial charge is 0.200 e. The molecule has 0 bridgehead atoms. The zero-order chi connectivity index (χ0) is 18.9. The van der Waals surface area contributed by atoms with E-state index in [2.05, 4.69) is 22.0 Å². The minimum atomic E-state index is -3.44. The highest BCUT2D eigenvalue weighted by molar-refractivity contribution is 7.92. The zero-order valence-corrected chi connectivity index (χ0v) is 16.6. The Morgan fingerprint density at radius 3 is 2.58 bits per heavy atom. The van der Waals surface area contributed by atoms with Crippen LogP contribution in [0.15, 0.2) is 47.6 Å². The predicted molar refractivity (Wildman–Crippen MR) is 103 cm³/mol. The van der Waals surface area contributed by atoms with Gasteiger partial charge in [-0.1, -0.05) is 12.1 Å². The lowest BCUT2D eigenvalue weighted by molar-refractivity contribution is 0.414. The number of hydrogen-bond acceptors (Lipinski definition) is 5. The molecule has 1 aliphatic heterocycles. The van der Waals surface area contributed by atoms with Gasteiger partial charge in [0.25, 0.3) is 0 Å². The Morgan fingerprint density at radius 2 is 1.96 bits per heavy atom. The predicted octanol–water partition coefficient (Wildman–Crippen LogP) is 4.00. The molecule has 6 heteroatoms. The number of aromatic nitrogens is 1. The molecular weight excluding hydrogens is 348 g/mol. The molecule has 1 atom stereocenters. The Bertz CT molecular complexity index is 871. The number of hydrogen-bond donors (Lipinski definition) is 0. The van der Waals surface area contributed by atoms with E-state index in [1.807, 2.05) is 18.2 Å². The van der Waals surface area contributed by atoms with Crippen molar-refractivity contribution in [3.8, 4) is 5.75 Å². The van der Waals surface area contributed by atoms with E-state index in [1.54, 1.807) is 40.1 Å². The molecular formula is C20H26N2O3S. The molecule has 0 spiro atoms. The van der Waals surface area contributed by atoms with Crippen molar-refractivity contribution in [2.45, 2.75) is 49.4 Å². The highest BCUT2D eigenvalue weighted by Gasteiger charge is 2.33. The third-order valence-corrected chi connectivity index (χ3v) is 7.27. The van der Waals surface area contributed by atoms with Crippen molar-refractivity contribution in [1.29, 1.82) is 0 Å². The van der Waals surface area contributed by atoms with Gasteiger partial charge in [0.05, 0.1) is 29.8 Å². The van der Waals surface area contributed by atoms with Crippen LogP contribution in [0.3, 0.4) is 0 Å². The second-order valence-electron chi connectivity index (χ2n) is 7.60. The molecule has 1 fully saturated rings. The van der Waals surface area contributed by atoms with Gasteiger partial charge in [-0.25, -0.2) is 13.4 Å². The Balaban J connectivity index is 1.89. The highest BCUT2D eigenvalue weighted by atomic mass is 32.2. The number of ether oxygens (including phenoxy) is 1. The van der Waals surface area contributed by atoms with Crippen molar-refractivity contribution < 1.29 is 13.2 Å². The molecule has 1 aromatic heterocycles. The first-order valence-electron chi connectivity index (χ1n) is 8.85. The van der Waals surface area contributed by atoms with E-state index in [1.165, 1.54) is 5.56 Å². The molecule has 1 saturated heterocycles. The largest absolute Gasteiger partial charge is 0.497 e. The Kier molecular flexibility index (Phi) is 4.97. The van der Waals surface area contributed by atoms with Crippen molar-refractivity contribution in [1.82, 2.24) is 4.98 Å². The van der Waals surface area contributed by atoms with Gasteiger partial charge in [0.1, 0.15) is 5.75 Å². The zero-order valence-electron chi connectivity index (χ0n) is 15.8. The van der Waals surface area contributed by atoms with Gasteiger partial charge >= 0.3 is 0 Å². The molecule has 3 rings (SSSR count). The van der Waals surface area contributed by atoms with E-state index in [9.17, 15) is 8.42 Å². The minimum Gasteiger partial charge on any atom is -0.497 e. The summed E-state index contributed by atoms with van der Waals surface area (Å²) in [6, 6.07) is 11.8. The summed E-state index contributed by atoms with van der Waals surface area (Å²) < 4.78 is 29.6. The van der Waals surface area contributed by atoms with Crippen LogP contribution in [0.2, 0.25) is 0 Å². The number of anilines is 1. The van der Waals surface area contributed by atoms with E-state index in [-0.39, 0.29) is 11.1 Å². The second-order valence-corrected chi connectivity index (χ2v) is 10.2. The summed E-state index contributed by atoms with van der Waals surface area (Å²) in [4.78, 5) is 6.56. The molecule has 0 radical (unpaired) electrons. The molecule has 1 unspecified atom stereocenters. The summed E-state index contributed by atoms with van der Waals surface area (Å²) in [5.74, 6) is 0.846. The number of rotatable bonds is 4. The molecule has 5 nitrogen and oxygen atoms in total. The van der Waals surface area contributed by atoms with Crippen molar-refractivity contribution in [3.05, 3.63) is 48.2 Å². The van der Waals surface area contributed by atoms with Crippen molar-refractivity contribution in [3.63, 3.8) is 0 Å². The van der Waals surface area contributed by atoms with Gasteiger partial charge in [0.2, 0.25) is 0 Å². The molecule has 1 aliphatic rings. The average molecular weight is 375 g/mol. The summed E-state index contributed by atoms with van der Waals surface area (Å²) in [6.45, 7) is 6.00. The number of benzene rings is 1. The molecule has 0 aliphatic carbocycles. The lowest BCUT2D eigenvalue weighted by atomic mass is 10.0. The van der Waals surface area contributed by atoms with Crippen LogP contribution in [0.4, 0.5) is 5.69 Å². The van der Waals surface area contributed by atoms with Crippen LogP contribution in [-0.2, 0) is 9.84 Å².